The lowest BCUT2D eigenvalue weighted by atomic mass is 9.96. The fourth-order valence-corrected chi connectivity index (χ4v) is 5.32. The summed E-state index contributed by atoms with van der Waals surface area (Å²) in [7, 11) is 0. The van der Waals surface area contributed by atoms with E-state index in [9.17, 15) is 20.1 Å². The Morgan fingerprint density at radius 1 is 1.03 bits per heavy atom. The van der Waals surface area contributed by atoms with Crippen LogP contribution < -0.4 is 11.1 Å². The Labute approximate surface area is 216 Å². The summed E-state index contributed by atoms with van der Waals surface area (Å²) in [6.07, 6.45) is -3.35. The fourth-order valence-electron chi connectivity index (χ4n) is 5.32. The average Bonchev–Trinajstić information content (AvgIpc) is 3.51. The van der Waals surface area contributed by atoms with E-state index in [2.05, 4.69) is 20.3 Å². The molecule has 0 unspecified atom stereocenters. The smallest absolute Gasteiger partial charge is 0.407 e. The molecule has 0 radical (unpaired) electrons. The van der Waals surface area contributed by atoms with Gasteiger partial charge in [0.25, 0.3) is 0 Å². The molecule has 1 fully saturated rings. The van der Waals surface area contributed by atoms with Crippen LogP contribution in [0.3, 0.4) is 0 Å². The summed E-state index contributed by atoms with van der Waals surface area (Å²) in [5.74, 6) is -0.0111. The second-order valence-corrected chi connectivity index (χ2v) is 9.31. The van der Waals surface area contributed by atoms with Crippen LogP contribution in [-0.4, -0.2) is 78.5 Å². The molecule has 3 heterocycles. The van der Waals surface area contributed by atoms with Gasteiger partial charge in [-0.3, -0.25) is 4.57 Å². The van der Waals surface area contributed by atoms with Crippen molar-refractivity contribution in [2.24, 2.45) is 0 Å². The Balaban J connectivity index is 1.24. The molecule has 12 heteroatoms. The Morgan fingerprint density at radius 2 is 1.71 bits per heavy atom. The molecule has 196 valence electrons. The first-order valence-electron chi connectivity index (χ1n) is 12.1. The van der Waals surface area contributed by atoms with Gasteiger partial charge in [0, 0.05) is 5.92 Å². The zero-order chi connectivity index (χ0) is 26.4. The van der Waals surface area contributed by atoms with Crippen molar-refractivity contribution in [2.45, 2.75) is 36.5 Å². The van der Waals surface area contributed by atoms with Crippen molar-refractivity contribution in [2.75, 3.05) is 18.9 Å². The van der Waals surface area contributed by atoms with Crippen LogP contribution in [0.15, 0.2) is 61.2 Å². The van der Waals surface area contributed by atoms with Gasteiger partial charge in [0.15, 0.2) is 17.7 Å². The van der Waals surface area contributed by atoms with Crippen molar-refractivity contribution in [1.82, 2.24) is 24.8 Å². The standard InChI is InChI=1S/C26H26N6O6/c27-23-20-24(29-11-28-23)32(12-30-20)25-19(22(35)21(34)18(9-33)38-25)31-26(36)37-10-17-15-7-3-1-5-13(15)14-6-2-4-8-16(14)17/h1-8,11-12,17-19,21-22,25,33-35H,9-10H2,(H,31,36)(H2,27,28,29)/t18-,19+,21-,22-,25-/m1/s1. The summed E-state index contributed by atoms with van der Waals surface area (Å²) in [5, 5.41) is 33.8. The zero-order valence-electron chi connectivity index (χ0n) is 20.1. The minimum atomic E-state index is -1.50. The topological polar surface area (TPSA) is 178 Å². The van der Waals surface area contributed by atoms with E-state index < -0.39 is 43.3 Å². The lowest BCUT2D eigenvalue weighted by Gasteiger charge is -2.42. The number of carbonyl (C=O) groups is 1. The molecule has 2 aliphatic rings. The number of nitrogens with two attached hydrogens (primary N) is 1. The van der Waals surface area contributed by atoms with Crippen molar-refractivity contribution in [3.05, 3.63) is 72.3 Å². The van der Waals surface area contributed by atoms with Crippen molar-refractivity contribution in [3.8, 4) is 11.1 Å². The quantitative estimate of drug-likeness (QED) is 0.255. The van der Waals surface area contributed by atoms with E-state index in [1.807, 2.05) is 48.5 Å². The third kappa shape index (κ3) is 3.94. The van der Waals surface area contributed by atoms with Gasteiger partial charge in [0.05, 0.1) is 12.9 Å². The normalized spacial score (nSPS) is 24.7. The van der Waals surface area contributed by atoms with E-state index in [1.165, 1.54) is 17.2 Å². The number of ether oxygens (including phenoxy) is 2. The second kappa shape index (κ2) is 9.65. The van der Waals surface area contributed by atoms with Crippen molar-refractivity contribution < 1.29 is 29.6 Å². The number of hydrogen-bond donors (Lipinski definition) is 5. The monoisotopic (exact) mass is 518 g/mol. The number of aliphatic hydroxyl groups is 3. The number of imidazole rings is 1. The number of aromatic nitrogens is 4. The zero-order valence-corrected chi connectivity index (χ0v) is 20.1. The molecule has 0 bridgehead atoms. The summed E-state index contributed by atoms with van der Waals surface area (Å²) < 4.78 is 13.0. The molecular formula is C26H26N6O6. The van der Waals surface area contributed by atoms with E-state index in [-0.39, 0.29) is 18.3 Å². The number of fused-ring (bicyclic) bond motifs is 4. The summed E-state index contributed by atoms with van der Waals surface area (Å²) in [6, 6.07) is 14.8. The number of rotatable bonds is 5. The van der Waals surface area contributed by atoms with Crippen LogP contribution in [0.5, 0.6) is 0 Å². The number of anilines is 1. The average molecular weight is 519 g/mol. The number of nitrogens with one attached hydrogen (secondary N) is 1. The lowest BCUT2D eigenvalue weighted by molar-refractivity contribution is -0.214. The highest BCUT2D eigenvalue weighted by Crippen LogP contribution is 2.44. The van der Waals surface area contributed by atoms with Crippen LogP contribution in [0, 0.1) is 0 Å². The summed E-state index contributed by atoms with van der Waals surface area (Å²) in [5.41, 5.74) is 10.8. The van der Waals surface area contributed by atoms with Gasteiger partial charge in [-0.1, -0.05) is 48.5 Å². The molecule has 1 amide bonds. The van der Waals surface area contributed by atoms with Crippen molar-refractivity contribution >= 4 is 23.1 Å². The molecule has 5 atom stereocenters. The predicted octanol–water partition coefficient (Wildman–Crippen LogP) is 0.927. The molecule has 38 heavy (non-hydrogen) atoms. The maximum Gasteiger partial charge on any atom is 0.407 e. The Bertz CT molecular complexity index is 1450. The molecule has 6 N–H and O–H groups in total. The van der Waals surface area contributed by atoms with Gasteiger partial charge >= 0.3 is 6.09 Å². The molecule has 0 saturated carbocycles. The van der Waals surface area contributed by atoms with Gasteiger partial charge in [-0.25, -0.2) is 19.7 Å². The van der Waals surface area contributed by atoms with Crippen molar-refractivity contribution in [1.29, 1.82) is 0 Å². The molecule has 12 nitrogen and oxygen atoms in total. The van der Waals surface area contributed by atoms with Gasteiger partial charge in [0.2, 0.25) is 0 Å². The van der Waals surface area contributed by atoms with Gasteiger partial charge < -0.3 is 35.8 Å². The number of aliphatic hydroxyl groups excluding tert-OH is 3. The number of carbonyl (C=O) groups excluding carboxylic acids is 1. The van der Waals surface area contributed by atoms with E-state index >= 15 is 0 Å². The van der Waals surface area contributed by atoms with E-state index in [4.69, 9.17) is 15.2 Å². The van der Waals surface area contributed by atoms with Crippen LogP contribution in [0.4, 0.5) is 10.6 Å². The van der Waals surface area contributed by atoms with Crippen LogP contribution in [-0.2, 0) is 9.47 Å². The molecule has 0 spiro atoms. The first-order chi connectivity index (χ1) is 18.5. The molecule has 1 saturated heterocycles. The molecule has 6 rings (SSSR count). The minimum Gasteiger partial charge on any atom is -0.449 e. The third-order valence-electron chi connectivity index (χ3n) is 7.19. The number of nitrogens with zero attached hydrogens (tertiary/aromatic N) is 4. The van der Waals surface area contributed by atoms with Crippen LogP contribution in [0.1, 0.15) is 23.3 Å². The molecule has 2 aromatic carbocycles. The Kier molecular flexibility index (Phi) is 6.16. The fraction of sp³-hybridized carbons (Fsp3) is 0.308. The number of amides is 1. The maximum atomic E-state index is 13.0. The largest absolute Gasteiger partial charge is 0.449 e. The van der Waals surface area contributed by atoms with E-state index in [0.717, 1.165) is 22.3 Å². The van der Waals surface area contributed by atoms with E-state index in [1.54, 1.807) is 0 Å². The highest BCUT2D eigenvalue weighted by atomic mass is 16.6. The van der Waals surface area contributed by atoms with Crippen LogP contribution in [0.25, 0.3) is 22.3 Å². The highest BCUT2D eigenvalue weighted by molar-refractivity contribution is 5.81. The van der Waals surface area contributed by atoms with Gasteiger partial charge in [-0.05, 0) is 22.3 Å². The summed E-state index contributed by atoms with van der Waals surface area (Å²) >= 11 is 0. The van der Waals surface area contributed by atoms with Crippen LogP contribution >= 0.6 is 0 Å². The minimum absolute atomic E-state index is 0.0633. The first kappa shape index (κ1) is 24.2. The van der Waals surface area contributed by atoms with Gasteiger partial charge in [-0.2, -0.15) is 0 Å². The number of hydrogen-bond acceptors (Lipinski definition) is 10. The molecular weight excluding hydrogens is 492 g/mol. The number of benzene rings is 2. The molecule has 1 aliphatic heterocycles. The SMILES string of the molecule is Nc1ncnc2c1ncn2[C@@H]1O[C@H](CO)[C@@H](O)[C@H](O)[C@@H]1NC(=O)OCC1c2ccccc2-c2ccccc21. The molecule has 4 aromatic rings. The van der Waals surface area contributed by atoms with Crippen LogP contribution in [0.2, 0.25) is 0 Å². The van der Waals surface area contributed by atoms with Crippen molar-refractivity contribution in [3.63, 3.8) is 0 Å². The third-order valence-corrected chi connectivity index (χ3v) is 7.19. The predicted molar refractivity (Wildman–Crippen MR) is 135 cm³/mol. The molecule has 1 aliphatic carbocycles. The summed E-state index contributed by atoms with van der Waals surface area (Å²) in [6.45, 7) is -0.496. The Hall–Kier alpha value is -4.10. The maximum absolute atomic E-state index is 13.0. The van der Waals surface area contributed by atoms with E-state index in [0.29, 0.717) is 11.2 Å². The number of nitrogen functional groups attached to an aromatic ring is 1. The number of alkyl carbamates (subject to hydrolysis) is 1. The van der Waals surface area contributed by atoms with Gasteiger partial charge in [-0.15, -0.1) is 0 Å². The highest BCUT2D eigenvalue weighted by Gasteiger charge is 2.46. The molecule has 2 aromatic heterocycles. The second-order valence-electron chi connectivity index (χ2n) is 9.31. The lowest BCUT2D eigenvalue weighted by Crippen LogP contribution is -2.62. The Morgan fingerprint density at radius 3 is 2.39 bits per heavy atom. The summed E-state index contributed by atoms with van der Waals surface area (Å²) in [4.78, 5) is 25.4. The van der Waals surface area contributed by atoms with Gasteiger partial charge in [0.1, 0.15) is 42.8 Å². The first-order valence-corrected chi connectivity index (χ1v) is 12.1.